The van der Waals surface area contributed by atoms with E-state index in [1.54, 1.807) is 6.92 Å². The molecule has 0 unspecified atom stereocenters. The van der Waals surface area contributed by atoms with Gasteiger partial charge >= 0.3 is 12.4 Å². The number of rotatable bonds is 4. The summed E-state index contributed by atoms with van der Waals surface area (Å²) in [7, 11) is 0. The van der Waals surface area contributed by atoms with Crippen molar-refractivity contribution in [3.05, 3.63) is 34.1 Å². The Hall–Kier alpha value is -3.39. The summed E-state index contributed by atoms with van der Waals surface area (Å²) in [5.74, 6) is 0.586. The highest BCUT2D eigenvalue weighted by molar-refractivity contribution is 5.75. The van der Waals surface area contributed by atoms with E-state index in [1.807, 2.05) is 9.80 Å². The van der Waals surface area contributed by atoms with Crippen molar-refractivity contribution < 1.29 is 26.3 Å². The van der Waals surface area contributed by atoms with Gasteiger partial charge in [0.25, 0.3) is 5.56 Å². The molecule has 2 fully saturated rings. The van der Waals surface area contributed by atoms with Crippen LogP contribution in [0.1, 0.15) is 37.7 Å². The van der Waals surface area contributed by atoms with Crippen molar-refractivity contribution in [3.63, 3.8) is 0 Å². The van der Waals surface area contributed by atoms with E-state index >= 15 is 0 Å². The van der Waals surface area contributed by atoms with Crippen molar-refractivity contribution in [2.75, 3.05) is 36.0 Å². The average molecular weight is 545 g/mol. The second-order valence-electron chi connectivity index (χ2n) is 9.93. The lowest BCUT2D eigenvalue weighted by Crippen LogP contribution is -2.44. The Balaban J connectivity index is 1.36. The predicted molar refractivity (Wildman–Crippen MR) is 126 cm³/mol. The molecule has 0 radical (unpaired) electrons. The maximum Gasteiger partial charge on any atom is 0.433 e. The zero-order valence-corrected chi connectivity index (χ0v) is 20.8. The SMILES string of the molecule is CCn1c(N2CCC3(CCN(c4cc(C(F)(F)F)nc(C)n4)C3)CC2)nc2c(cnn2CC(F)(F)F)c1=O. The fourth-order valence-electron chi connectivity index (χ4n) is 5.43. The Morgan fingerprint density at radius 2 is 1.63 bits per heavy atom. The molecule has 9 nitrogen and oxygen atoms in total. The molecule has 0 N–H and O–H groups in total. The highest BCUT2D eigenvalue weighted by atomic mass is 19.4. The Labute approximate surface area is 213 Å². The lowest BCUT2D eigenvalue weighted by molar-refractivity contribution is -0.142. The minimum absolute atomic E-state index is 0.0261. The number of fused-ring (bicyclic) bond motifs is 1. The Bertz CT molecular complexity index is 1400. The van der Waals surface area contributed by atoms with Crippen LogP contribution < -0.4 is 15.4 Å². The summed E-state index contributed by atoms with van der Waals surface area (Å²) < 4.78 is 81.0. The second-order valence-corrected chi connectivity index (χ2v) is 9.93. The Morgan fingerprint density at radius 1 is 0.974 bits per heavy atom. The van der Waals surface area contributed by atoms with Crippen LogP contribution in [0.5, 0.6) is 0 Å². The summed E-state index contributed by atoms with van der Waals surface area (Å²) in [6, 6.07) is 0.977. The monoisotopic (exact) mass is 544 g/mol. The molecule has 0 bridgehead atoms. The maximum atomic E-state index is 13.3. The molecule has 1 spiro atoms. The number of nitrogens with zero attached hydrogens (tertiary/aromatic N) is 8. The molecule has 5 rings (SSSR count). The minimum atomic E-state index is -4.57. The summed E-state index contributed by atoms with van der Waals surface area (Å²) in [6.45, 7) is 4.19. The highest BCUT2D eigenvalue weighted by Crippen LogP contribution is 2.43. The number of alkyl halides is 6. The van der Waals surface area contributed by atoms with Crippen LogP contribution in [0.2, 0.25) is 0 Å². The van der Waals surface area contributed by atoms with Crippen molar-refractivity contribution in [1.29, 1.82) is 0 Å². The normalized spacial score (nSPS) is 18.2. The van der Waals surface area contributed by atoms with E-state index in [0.717, 1.165) is 18.7 Å². The van der Waals surface area contributed by atoms with Gasteiger partial charge in [0, 0.05) is 38.8 Å². The highest BCUT2D eigenvalue weighted by Gasteiger charge is 2.43. The number of anilines is 2. The van der Waals surface area contributed by atoms with Gasteiger partial charge in [-0.3, -0.25) is 9.36 Å². The largest absolute Gasteiger partial charge is 0.433 e. The van der Waals surface area contributed by atoms with Crippen LogP contribution in [0.15, 0.2) is 17.1 Å². The van der Waals surface area contributed by atoms with Crippen LogP contribution in [0.3, 0.4) is 0 Å². The van der Waals surface area contributed by atoms with Gasteiger partial charge in [-0.1, -0.05) is 0 Å². The fourth-order valence-corrected chi connectivity index (χ4v) is 5.43. The predicted octanol–water partition coefficient (Wildman–Crippen LogP) is 3.79. The molecule has 0 amide bonds. The number of piperidine rings is 1. The van der Waals surface area contributed by atoms with Gasteiger partial charge in [-0.25, -0.2) is 14.6 Å². The number of hydrogen-bond donors (Lipinski definition) is 0. The third-order valence-electron chi connectivity index (χ3n) is 7.36. The molecule has 38 heavy (non-hydrogen) atoms. The standard InChI is InChI=1S/C23H26F6N8O/c1-3-36-19(38)15-11-30-37(13-22(24,25)26)18(15)33-20(36)34-7-4-21(5-8-34)6-9-35(12-21)17-10-16(23(27,28)29)31-14(2)32-17/h10-11H,3-9,12-13H2,1-2H3. The van der Waals surface area contributed by atoms with Crippen molar-refractivity contribution in [2.24, 2.45) is 5.41 Å². The van der Waals surface area contributed by atoms with E-state index in [2.05, 4.69) is 20.1 Å². The third kappa shape index (κ3) is 4.89. The fraction of sp³-hybridized carbons (Fsp3) is 0.609. The number of halogens is 6. The van der Waals surface area contributed by atoms with Crippen molar-refractivity contribution in [2.45, 2.75) is 58.6 Å². The molecule has 3 aromatic heterocycles. The van der Waals surface area contributed by atoms with Crippen LogP contribution >= 0.6 is 0 Å². The maximum absolute atomic E-state index is 13.3. The third-order valence-corrected chi connectivity index (χ3v) is 7.36. The van der Waals surface area contributed by atoms with E-state index in [-0.39, 0.29) is 34.6 Å². The second kappa shape index (κ2) is 9.12. The van der Waals surface area contributed by atoms with Gasteiger partial charge < -0.3 is 9.80 Å². The van der Waals surface area contributed by atoms with Gasteiger partial charge in [-0.2, -0.15) is 36.4 Å². The van der Waals surface area contributed by atoms with E-state index in [9.17, 15) is 31.1 Å². The van der Waals surface area contributed by atoms with Crippen LogP contribution in [0.25, 0.3) is 11.0 Å². The molecule has 0 saturated carbocycles. The van der Waals surface area contributed by atoms with Crippen LogP contribution in [-0.4, -0.2) is 61.7 Å². The molecule has 0 atom stereocenters. The smallest absolute Gasteiger partial charge is 0.356 e. The summed E-state index contributed by atoms with van der Waals surface area (Å²) in [5, 5.41) is 3.77. The van der Waals surface area contributed by atoms with Crippen molar-refractivity contribution in [3.8, 4) is 0 Å². The van der Waals surface area contributed by atoms with Gasteiger partial charge in [-0.15, -0.1) is 0 Å². The zero-order valence-electron chi connectivity index (χ0n) is 20.8. The molecule has 5 heterocycles. The van der Waals surface area contributed by atoms with Crippen molar-refractivity contribution >= 4 is 22.8 Å². The van der Waals surface area contributed by atoms with E-state index in [0.29, 0.717) is 49.7 Å². The molecular formula is C23H26F6N8O. The first-order chi connectivity index (χ1) is 17.8. The van der Waals surface area contributed by atoms with E-state index in [1.165, 1.54) is 11.5 Å². The summed E-state index contributed by atoms with van der Waals surface area (Å²) in [6.07, 6.45) is -5.85. The molecule has 15 heteroatoms. The molecular weight excluding hydrogens is 518 g/mol. The van der Waals surface area contributed by atoms with Crippen LogP contribution in [0, 0.1) is 12.3 Å². The average Bonchev–Trinajstić information content (AvgIpc) is 3.42. The van der Waals surface area contributed by atoms with Gasteiger partial charge in [0.2, 0.25) is 5.95 Å². The Kier molecular flexibility index (Phi) is 6.29. The number of aryl methyl sites for hydroxylation is 1. The topological polar surface area (TPSA) is 85.0 Å². The summed E-state index contributed by atoms with van der Waals surface area (Å²) in [5.41, 5.74) is -1.70. The molecule has 3 aromatic rings. The van der Waals surface area contributed by atoms with Gasteiger partial charge in [0.1, 0.15) is 29.3 Å². The first-order valence-electron chi connectivity index (χ1n) is 12.2. The molecule has 0 aromatic carbocycles. The van der Waals surface area contributed by atoms with Crippen molar-refractivity contribution in [1.82, 2.24) is 29.3 Å². The lowest BCUT2D eigenvalue weighted by atomic mass is 9.78. The van der Waals surface area contributed by atoms with Crippen LogP contribution in [0.4, 0.5) is 38.1 Å². The van der Waals surface area contributed by atoms with Gasteiger partial charge in [0.05, 0.1) is 6.20 Å². The van der Waals surface area contributed by atoms with Gasteiger partial charge in [0.15, 0.2) is 5.65 Å². The minimum Gasteiger partial charge on any atom is -0.356 e. The molecule has 2 aliphatic rings. The van der Waals surface area contributed by atoms with Gasteiger partial charge in [-0.05, 0) is 38.5 Å². The molecule has 206 valence electrons. The number of aromatic nitrogens is 6. The number of hydrogen-bond acceptors (Lipinski definition) is 7. The first-order valence-corrected chi connectivity index (χ1v) is 12.2. The first kappa shape index (κ1) is 26.2. The molecule has 0 aliphatic carbocycles. The summed E-state index contributed by atoms with van der Waals surface area (Å²) >= 11 is 0. The van der Waals surface area contributed by atoms with E-state index < -0.39 is 30.2 Å². The van der Waals surface area contributed by atoms with Crippen LogP contribution in [-0.2, 0) is 19.3 Å². The van der Waals surface area contributed by atoms with E-state index in [4.69, 9.17) is 0 Å². The molecule has 2 aliphatic heterocycles. The summed E-state index contributed by atoms with van der Waals surface area (Å²) in [4.78, 5) is 29.0. The Morgan fingerprint density at radius 3 is 2.24 bits per heavy atom. The zero-order chi connectivity index (χ0) is 27.5. The molecule has 2 saturated heterocycles. The quantitative estimate of drug-likeness (QED) is 0.462. The lowest BCUT2D eigenvalue weighted by Gasteiger charge is -2.40.